The van der Waals surface area contributed by atoms with E-state index in [2.05, 4.69) is 34.1 Å². The minimum Gasteiger partial charge on any atom is -0.497 e. The molecule has 10 heteroatoms. The Morgan fingerprint density at radius 3 is 2.52 bits per heavy atom. The molecule has 0 atom stereocenters. The molecule has 0 aliphatic carbocycles. The zero-order chi connectivity index (χ0) is 22.0. The largest absolute Gasteiger partial charge is 0.497 e. The van der Waals surface area contributed by atoms with Gasteiger partial charge in [-0.25, -0.2) is 9.97 Å². The molecule has 0 radical (unpaired) electrons. The van der Waals surface area contributed by atoms with E-state index in [1.165, 1.54) is 17.7 Å². The summed E-state index contributed by atoms with van der Waals surface area (Å²) in [5.74, 6) is 1.37. The number of nitrogens with zero attached hydrogens (tertiary/aromatic N) is 4. The van der Waals surface area contributed by atoms with Gasteiger partial charge in [0.2, 0.25) is 5.82 Å². The first-order valence-electron chi connectivity index (χ1n) is 9.43. The highest BCUT2D eigenvalue weighted by atomic mass is 32.1. The second-order valence-corrected chi connectivity index (χ2v) is 7.97. The highest BCUT2D eigenvalue weighted by Gasteiger charge is 2.26. The van der Waals surface area contributed by atoms with Crippen molar-refractivity contribution < 1.29 is 14.4 Å². The van der Waals surface area contributed by atoms with Gasteiger partial charge in [-0.1, -0.05) is 37.3 Å². The van der Waals surface area contributed by atoms with Gasteiger partial charge in [-0.05, 0) is 41.8 Å². The Bertz CT molecular complexity index is 1240. The Morgan fingerprint density at radius 1 is 1.10 bits per heavy atom. The van der Waals surface area contributed by atoms with Gasteiger partial charge in [0, 0.05) is 0 Å². The Labute approximate surface area is 181 Å². The molecular weight excluding hydrogens is 418 g/mol. The maximum absolute atomic E-state index is 11.8. The van der Waals surface area contributed by atoms with E-state index in [0.717, 1.165) is 15.8 Å². The summed E-state index contributed by atoms with van der Waals surface area (Å²) in [6, 6.07) is 12.8. The molecule has 0 fully saturated rings. The summed E-state index contributed by atoms with van der Waals surface area (Å²) in [4.78, 5) is 23.7. The molecule has 0 unspecified atom stereocenters. The second kappa shape index (κ2) is 8.52. The molecule has 0 saturated carbocycles. The lowest BCUT2D eigenvalue weighted by Gasteiger charge is -2.09. The first-order chi connectivity index (χ1) is 14.9. The van der Waals surface area contributed by atoms with Gasteiger partial charge in [0.05, 0.1) is 22.2 Å². The van der Waals surface area contributed by atoms with Crippen molar-refractivity contribution in [3.05, 3.63) is 64.5 Å². The predicted octanol–water partition coefficient (Wildman–Crippen LogP) is 5.66. The molecule has 4 aromatic rings. The molecule has 0 saturated heterocycles. The average Bonchev–Trinajstić information content (AvgIpc) is 3.15. The van der Waals surface area contributed by atoms with Crippen LogP contribution in [0.3, 0.4) is 0 Å². The fraction of sp³-hybridized carbons (Fsp3) is 0.190. The molecule has 0 bridgehead atoms. The minimum atomic E-state index is -0.573. The Morgan fingerprint density at radius 2 is 1.84 bits per heavy atom. The number of ether oxygens (including phenoxy) is 2. The van der Waals surface area contributed by atoms with Crippen molar-refractivity contribution in [3.63, 3.8) is 0 Å². The Hall–Kier alpha value is -3.79. The third kappa shape index (κ3) is 4.38. The van der Waals surface area contributed by atoms with E-state index in [1.807, 2.05) is 24.3 Å². The van der Waals surface area contributed by atoms with E-state index in [9.17, 15) is 10.1 Å². The molecule has 0 spiro atoms. The van der Waals surface area contributed by atoms with Crippen LogP contribution in [0.2, 0.25) is 0 Å². The first kappa shape index (κ1) is 20.5. The van der Waals surface area contributed by atoms with E-state index in [4.69, 9.17) is 9.47 Å². The topological polar surface area (TPSA) is 112 Å². The number of hydrogen-bond donors (Lipinski definition) is 1. The van der Waals surface area contributed by atoms with Crippen LogP contribution in [0.5, 0.6) is 17.4 Å². The van der Waals surface area contributed by atoms with E-state index in [1.54, 1.807) is 25.3 Å². The lowest BCUT2D eigenvalue weighted by Crippen LogP contribution is -2.03. The summed E-state index contributed by atoms with van der Waals surface area (Å²) in [5, 5.41) is 15.2. The van der Waals surface area contributed by atoms with E-state index in [-0.39, 0.29) is 17.4 Å². The zero-order valence-electron chi connectivity index (χ0n) is 17.0. The molecular formula is C21H19N5O4S. The highest BCUT2D eigenvalue weighted by Crippen LogP contribution is 2.37. The van der Waals surface area contributed by atoms with Crippen LogP contribution in [0.1, 0.15) is 25.3 Å². The highest BCUT2D eigenvalue weighted by molar-refractivity contribution is 7.22. The SMILES string of the molecule is COc1ccc2nc(Nc3ncnc(Oc4ccc(C(C)C)cc4)c3[N+](=O)[O-])sc2c1. The monoisotopic (exact) mass is 437 g/mol. The molecule has 9 nitrogen and oxygen atoms in total. The lowest BCUT2D eigenvalue weighted by molar-refractivity contribution is -0.385. The van der Waals surface area contributed by atoms with E-state index in [0.29, 0.717) is 22.5 Å². The van der Waals surface area contributed by atoms with Gasteiger partial charge >= 0.3 is 11.6 Å². The molecule has 2 aromatic heterocycles. The third-order valence-corrected chi connectivity index (χ3v) is 5.49. The van der Waals surface area contributed by atoms with Crippen molar-refractivity contribution in [1.29, 1.82) is 0 Å². The van der Waals surface area contributed by atoms with Crippen LogP contribution in [0.25, 0.3) is 10.2 Å². The normalized spacial score (nSPS) is 11.0. The zero-order valence-corrected chi connectivity index (χ0v) is 17.8. The fourth-order valence-electron chi connectivity index (χ4n) is 2.91. The first-order valence-corrected chi connectivity index (χ1v) is 10.2. The van der Waals surface area contributed by atoms with Crippen LogP contribution in [-0.2, 0) is 0 Å². The van der Waals surface area contributed by atoms with Gasteiger partial charge in [-0.2, -0.15) is 4.98 Å². The molecule has 158 valence electrons. The minimum absolute atomic E-state index is 0.000165. The van der Waals surface area contributed by atoms with Gasteiger partial charge < -0.3 is 14.8 Å². The van der Waals surface area contributed by atoms with Crippen molar-refractivity contribution in [2.75, 3.05) is 12.4 Å². The molecule has 1 N–H and O–H groups in total. The number of fused-ring (bicyclic) bond motifs is 1. The fourth-order valence-corrected chi connectivity index (χ4v) is 3.81. The van der Waals surface area contributed by atoms with Crippen LogP contribution in [0, 0.1) is 10.1 Å². The van der Waals surface area contributed by atoms with Gasteiger partial charge in [0.25, 0.3) is 0 Å². The molecule has 0 amide bonds. The number of aromatic nitrogens is 3. The van der Waals surface area contributed by atoms with Gasteiger partial charge in [-0.3, -0.25) is 10.1 Å². The van der Waals surface area contributed by atoms with E-state index >= 15 is 0 Å². The summed E-state index contributed by atoms with van der Waals surface area (Å²) in [6.07, 6.45) is 1.21. The lowest BCUT2D eigenvalue weighted by atomic mass is 10.0. The number of nitro groups is 1. The van der Waals surface area contributed by atoms with Gasteiger partial charge in [0.1, 0.15) is 17.8 Å². The molecule has 2 aromatic carbocycles. The second-order valence-electron chi connectivity index (χ2n) is 6.94. The molecule has 4 rings (SSSR count). The summed E-state index contributed by atoms with van der Waals surface area (Å²) in [6.45, 7) is 4.17. The molecule has 2 heterocycles. The number of benzene rings is 2. The third-order valence-electron chi connectivity index (χ3n) is 4.55. The van der Waals surface area contributed by atoms with Gasteiger partial charge in [0.15, 0.2) is 5.13 Å². The number of nitrogens with one attached hydrogen (secondary N) is 1. The van der Waals surface area contributed by atoms with Crippen molar-refractivity contribution in [2.24, 2.45) is 0 Å². The number of thiazole rings is 1. The molecule has 0 aliphatic heterocycles. The van der Waals surface area contributed by atoms with Crippen molar-refractivity contribution >= 4 is 38.2 Å². The average molecular weight is 437 g/mol. The van der Waals surface area contributed by atoms with Crippen molar-refractivity contribution in [2.45, 2.75) is 19.8 Å². The van der Waals surface area contributed by atoms with Crippen molar-refractivity contribution in [3.8, 4) is 17.4 Å². The maximum Gasteiger partial charge on any atom is 0.373 e. The summed E-state index contributed by atoms with van der Waals surface area (Å²) >= 11 is 1.33. The summed E-state index contributed by atoms with van der Waals surface area (Å²) in [7, 11) is 1.59. The van der Waals surface area contributed by atoms with Gasteiger partial charge in [-0.15, -0.1) is 0 Å². The number of anilines is 2. The van der Waals surface area contributed by atoms with Crippen LogP contribution >= 0.6 is 11.3 Å². The summed E-state index contributed by atoms with van der Waals surface area (Å²) < 4.78 is 11.8. The van der Waals surface area contributed by atoms with E-state index < -0.39 is 4.92 Å². The van der Waals surface area contributed by atoms with Crippen LogP contribution in [0.4, 0.5) is 16.6 Å². The number of rotatable bonds is 7. The Balaban J connectivity index is 1.65. The van der Waals surface area contributed by atoms with Crippen LogP contribution in [0.15, 0.2) is 48.8 Å². The molecule has 0 aliphatic rings. The van der Waals surface area contributed by atoms with Crippen LogP contribution in [-0.4, -0.2) is 27.0 Å². The van der Waals surface area contributed by atoms with Crippen LogP contribution < -0.4 is 14.8 Å². The Kier molecular flexibility index (Phi) is 5.63. The standard InChI is InChI=1S/C21H19N5O4S/c1-12(2)13-4-6-14(7-5-13)30-20-18(26(27)28)19(22-11-23-20)25-21-24-16-9-8-15(29-3)10-17(16)31-21/h4-12H,1-3H3,(H,22,23,24,25). The van der Waals surface area contributed by atoms with Crippen molar-refractivity contribution in [1.82, 2.24) is 15.0 Å². The molecule has 31 heavy (non-hydrogen) atoms. The quantitative estimate of drug-likeness (QED) is 0.291. The number of hydrogen-bond acceptors (Lipinski definition) is 9. The maximum atomic E-state index is 11.8. The smallest absolute Gasteiger partial charge is 0.373 e. The predicted molar refractivity (Wildman–Crippen MR) is 119 cm³/mol. The number of methoxy groups -OCH3 is 1. The summed E-state index contributed by atoms with van der Waals surface area (Å²) in [5.41, 5.74) is 1.51.